The number of aliphatic imine (C=N–C) groups is 1. The van der Waals surface area contributed by atoms with Gasteiger partial charge in [-0.05, 0) is 63.5 Å². The molecule has 7 heteroatoms. The van der Waals surface area contributed by atoms with Crippen LogP contribution >= 0.6 is 0 Å². The first-order valence-corrected chi connectivity index (χ1v) is 12.3. The van der Waals surface area contributed by atoms with Crippen molar-refractivity contribution in [3.8, 4) is 0 Å². The molecule has 0 aromatic carbocycles. The van der Waals surface area contributed by atoms with Crippen LogP contribution in [-0.2, 0) is 20.6 Å². The lowest BCUT2D eigenvalue weighted by Gasteiger charge is -2.35. The highest BCUT2D eigenvalue weighted by molar-refractivity contribution is 5.80. The van der Waals surface area contributed by atoms with Crippen molar-refractivity contribution >= 4 is 5.96 Å². The summed E-state index contributed by atoms with van der Waals surface area (Å²) in [5, 5.41) is 3.57. The second-order valence-corrected chi connectivity index (χ2v) is 8.92. The summed E-state index contributed by atoms with van der Waals surface area (Å²) in [4.78, 5) is 7.33. The van der Waals surface area contributed by atoms with Crippen LogP contribution in [0.1, 0.15) is 57.1 Å². The molecule has 0 saturated carbocycles. The van der Waals surface area contributed by atoms with Gasteiger partial charge in [-0.15, -0.1) is 0 Å². The molecule has 1 N–H and O–H groups in total. The lowest BCUT2D eigenvalue weighted by Crippen LogP contribution is -2.48. The van der Waals surface area contributed by atoms with Crippen molar-refractivity contribution in [1.82, 2.24) is 10.2 Å². The summed E-state index contributed by atoms with van der Waals surface area (Å²) in [7, 11) is 0. The quantitative estimate of drug-likeness (QED) is 0.501. The second-order valence-electron chi connectivity index (χ2n) is 8.92. The number of piperidine rings is 1. The summed E-state index contributed by atoms with van der Waals surface area (Å²) in [5.74, 6) is 1.99. The highest BCUT2D eigenvalue weighted by Crippen LogP contribution is 2.18. The minimum absolute atomic E-state index is 0.256. The van der Waals surface area contributed by atoms with Crippen LogP contribution < -0.4 is 5.32 Å². The molecule has 2 unspecified atom stereocenters. The van der Waals surface area contributed by atoms with Gasteiger partial charge in [-0.3, -0.25) is 4.99 Å². The molecule has 0 spiro atoms. The maximum Gasteiger partial charge on any atom is 0.194 e. The van der Waals surface area contributed by atoms with Gasteiger partial charge in [-0.25, -0.2) is 0 Å². The fourth-order valence-electron chi connectivity index (χ4n) is 4.58. The Morgan fingerprint density at radius 2 is 1.81 bits per heavy atom. The van der Waals surface area contributed by atoms with Gasteiger partial charge in [0.05, 0.1) is 37.7 Å². The van der Waals surface area contributed by atoms with Crippen LogP contribution in [0.3, 0.4) is 0 Å². The first-order valence-electron chi connectivity index (χ1n) is 12.3. The van der Waals surface area contributed by atoms with E-state index in [2.05, 4.69) is 10.2 Å². The third-order valence-corrected chi connectivity index (χ3v) is 6.49. The van der Waals surface area contributed by atoms with Crippen LogP contribution in [0.5, 0.6) is 0 Å². The molecule has 31 heavy (non-hydrogen) atoms. The van der Waals surface area contributed by atoms with Gasteiger partial charge < -0.3 is 28.8 Å². The van der Waals surface area contributed by atoms with E-state index in [-0.39, 0.29) is 6.10 Å². The Morgan fingerprint density at radius 3 is 2.48 bits per heavy atom. The SMILES string of the molecule is c1coc(CCNC(=NCC2CCCCO2)N2CCC(OCC3CCCCO3)CC2)c1. The standard InChI is InChI=1S/C24H39N3O4/c1-3-15-29-22(6-1)18-26-24(25-12-9-20-8-5-17-28-20)27-13-10-21(11-14-27)31-19-23-7-2-4-16-30-23/h5,8,17,21-23H,1-4,6-7,9-16,18-19H2,(H,25,26). The average Bonchev–Trinajstić information content (AvgIpc) is 3.35. The molecule has 4 rings (SSSR count). The second kappa shape index (κ2) is 12.5. The van der Waals surface area contributed by atoms with Crippen molar-refractivity contribution in [1.29, 1.82) is 0 Å². The van der Waals surface area contributed by atoms with Gasteiger partial charge in [-0.2, -0.15) is 0 Å². The Labute approximate surface area is 186 Å². The summed E-state index contributed by atoms with van der Waals surface area (Å²) >= 11 is 0. The molecule has 174 valence electrons. The van der Waals surface area contributed by atoms with Crippen LogP contribution in [0, 0.1) is 0 Å². The highest BCUT2D eigenvalue weighted by atomic mass is 16.5. The molecule has 3 fully saturated rings. The van der Waals surface area contributed by atoms with Gasteiger partial charge in [0.2, 0.25) is 0 Å². The van der Waals surface area contributed by atoms with Crippen LogP contribution in [0.15, 0.2) is 27.8 Å². The smallest absolute Gasteiger partial charge is 0.194 e. The zero-order valence-electron chi connectivity index (χ0n) is 18.8. The van der Waals surface area contributed by atoms with Crippen molar-refractivity contribution in [3.63, 3.8) is 0 Å². The van der Waals surface area contributed by atoms with Crippen LogP contribution in [0.2, 0.25) is 0 Å². The van der Waals surface area contributed by atoms with Gasteiger partial charge in [0.25, 0.3) is 0 Å². The molecular formula is C24H39N3O4. The monoisotopic (exact) mass is 433 g/mol. The minimum Gasteiger partial charge on any atom is -0.469 e. The third kappa shape index (κ3) is 7.51. The van der Waals surface area contributed by atoms with Gasteiger partial charge in [0, 0.05) is 39.3 Å². The van der Waals surface area contributed by atoms with E-state index in [1.807, 2.05) is 12.1 Å². The Hall–Kier alpha value is -1.57. The maximum absolute atomic E-state index is 6.19. The Morgan fingerprint density at radius 1 is 1.03 bits per heavy atom. The molecule has 0 amide bonds. The number of ether oxygens (including phenoxy) is 3. The lowest BCUT2D eigenvalue weighted by atomic mass is 10.1. The molecule has 7 nitrogen and oxygen atoms in total. The van der Waals surface area contributed by atoms with Gasteiger partial charge in [0.15, 0.2) is 5.96 Å². The van der Waals surface area contributed by atoms with E-state index in [0.29, 0.717) is 12.2 Å². The van der Waals surface area contributed by atoms with E-state index >= 15 is 0 Å². The largest absolute Gasteiger partial charge is 0.469 e. The predicted octanol–water partition coefficient (Wildman–Crippen LogP) is 3.39. The number of hydrogen-bond acceptors (Lipinski definition) is 5. The Bertz CT molecular complexity index is 631. The lowest BCUT2D eigenvalue weighted by molar-refractivity contribution is -0.0721. The number of hydrogen-bond donors (Lipinski definition) is 1. The number of nitrogens with zero attached hydrogens (tertiary/aromatic N) is 2. The van der Waals surface area contributed by atoms with Crippen LogP contribution in [0.25, 0.3) is 0 Å². The summed E-state index contributed by atoms with van der Waals surface area (Å²) in [6.07, 6.45) is 12.7. The molecule has 4 heterocycles. The molecule has 0 bridgehead atoms. The van der Waals surface area contributed by atoms with Crippen molar-refractivity contribution in [3.05, 3.63) is 24.2 Å². The molecule has 0 radical (unpaired) electrons. The zero-order valence-corrected chi connectivity index (χ0v) is 18.8. The Kier molecular flexibility index (Phi) is 9.09. The van der Waals surface area contributed by atoms with E-state index < -0.39 is 0 Å². The summed E-state index contributed by atoms with van der Waals surface area (Å²) in [6.45, 7) is 5.98. The predicted molar refractivity (Wildman–Crippen MR) is 120 cm³/mol. The maximum atomic E-state index is 6.19. The first-order chi connectivity index (χ1) is 15.4. The van der Waals surface area contributed by atoms with E-state index in [1.165, 1.54) is 25.7 Å². The highest BCUT2D eigenvalue weighted by Gasteiger charge is 2.24. The number of likely N-dealkylation sites (tertiary alicyclic amines) is 1. The molecule has 1 aromatic heterocycles. The van der Waals surface area contributed by atoms with E-state index in [4.69, 9.17) is 23.6 Å². The fraction of sp³-hybridized carbons (Fsp3) is 0.792. The van der Waals surface area contributed by atoms with Crippen LogP contribution in [0.4, 0.5) is 0 Å². The van der Waals surface area contributed by atoms with Crippen molar-refractivity contribution < 1.29 is 18.6 Å². The summed E-state index contributed by atoms with van der Waals surface area (Å²) in [6, 6.07) is 3.96. The van der Waals surface area contributed by atoms with Gasteiger partial charge >= 0.3 is 0 Å². The molecule has 0 aliphatic carbocycles. The van der Waals surface area contributed by atoms with Crippen molar-refractivity contribution in [2.45, 2.75) is 76.1 Å². The molecular weight excluding hydrogens is 394 g/mol. The van der Waals surface area contributed by atoms with Crippen LogP contribution in [-0.4, -0.2) is 75.2 Å². The molecule has 1 aromatic rings. The normalized spacial score (nSPS) is 26.2. The van der Waals surface area contributed by atoms with Gasteiger partial charge in [-0.1, -0.05) is 0 Å². The number of rotatable bonds is 8. The van der Waals surface area contributed by atoms with E-state index in [0.717, 1.165) is 89.8 Å². The van der Waals surface area contributed by atoms with Crippen molar-refractivity contribution in [2.24, 2.45) is 4.99 Å². The van der Waals surface area contributed by atoms with E-state index in [1.54, 1.807) is 6.26 Å². The topological polar surface area (TPSA) is 68.5 Å². The molecule has 3 saturated heterocycles. The molecule has 3 aliphatic rings. The number of furan rings is 1. The fourth-order valence-corrected chi connectivity index (χ4v) is 4.58. The zero-order chi connectivity index (χ0) is 21.1. The Balaban J connectivity index is 1.24. The summed E-state index contributed by atoms with van der Waals surface area (Å²) in [5.41, 5.74) is 0. The first kappa shape index (κ1) is 22.6. The summed E-state index contributed by atoms with van der Waals surface area (Å²) < 4.78 is 23.4. The molecule has 3 aliphatic heterocycles. The van der Waals surface area contributed by atoms with Crippen molar-refractivity contribution in [2.75, 3.05) is 46.0 Å². The minimum atomic E-state index is 0.256. The van der Waals surface area contributed by atoms with E-state index in [9.17, 15) is 0 Å². The molecule has 2 atom stereocenters. The van der Waals surface area contributed by atoms with Gasteiger partial charge in [0.1, 0.15) is 5.76 Å². The number of nitrogens with one attached hydrogen (secondary N) is 1. The number of guanidine groups is 1. The third-order valence-electron chi connectivity index (χ3n) is 6.49. The average molecular weight is 434 g/mol.